The van der Waals surface area contributed by atoms with Crippen LogP contribution in [0.5, 0.6) is 0 Å². The number of hydrogen-bond donors (Lipinski definition) is 4. The van der Waals surface area contributed by atoms with Crippen molar-refractivity contribution in [2.24, 2.45) is 10.3 Å². The number of amides is 2. The Labute approximate surface area is 216 Å². The quantitative estimate of drug-likeness (QED) is 0.109. The van der Waals surface area contributed by atoms with E-state index >= 15 is 0 Å². The SMILES string of the molecule is CO/N=C(\C(=O)N[C@@H]1C(=O)N2C(C(=O)O)=C(C[n+]3cccc(C(=O)SN)c3)CS[C@H]12)c1csc(N)n1. The number of carbonyl (C=O) groups excluding carboxylic acids is 3. The summed E-state index contributed by atoms with van der Waals surface area (Å²) in [5.74, 6) is -2.25. The van der Waals surface area contributed by atoms with Crippen LogP contribution in [0, 0.1) is 0 Å². The number of β-lactam (4-membered cyclic amide) rings is 1. The Morgan fingerprint density at radius 1 is 1.44 bits per heavy atom. The molecule has 6 N–H and O–H groups in total. The summed E-state index contributed by atoms with van der Waals surface area (Å²) in [6.07, 6.45) is 3.25. The maximum atomic E-state index is 13.0. The van der Waals surface area contributed by atoms with Gasteiger partial charge in [0.25, 0.3) is 11.8 Å². The molecule has 0 saturated carbocycles. The van der Waals surface area contributed by atoms with Gasteiger partial charge < -0.3 is 21.0 Å². The molecule has 188 valence electrons. The first kappa shape index (κ1) is 25.6. The number of oxime groups is 1. The number of carboxylic acids is 1. The molecule has 4 rings (SSSR count). The molecule has 0 aliphatic carbocycles. The predicted molar refractivity (Wildman–Crippen MR) is 133 cm³/mol. The van der Waals surface area contributed by atoms with Crippen LogP contribution in [0.15, 0.2) is 46.3 Å². The lowest BCUT2D eigenvalue weighted by Crippen LogP contribution is -2.71. The van der Waals surface area contributed by atoms with Gasteiger partial charge in [0.15, 0.2) is 29.8 Å². The number of carboxylic acid groups (broad SMARTS) is 1. The number of anilines is 1. The Morgan fingerprint density at radius 3 is 2.86 bits per heavy atom. The van der Waals surface area contributed by atoms with Crippen molar-refractivity contribution in [3.05, 3.63) is 52.4 Å². The molecule has 2 aliphatic heterocycles. The number of nitrogen functional groups attached to an aromatic ring is 1. The van der Waals surface area contributed by atoms with E-state index in [9.17, 15) is 24.3 Å². The fourth-order valence-electron chi connectivity index (χ4n) is 3.74. The summed E-state index contributed by atoms with van der Waals surface area (Å²) in [5, 5.41) is 22.3. The van der Waals surface area contributed by atoms with Crippen LogP contribution >= 0.6 is 35.0 Å². The molecular formula is C20H20N7O6S3+. The lowest BCUT2D eigenvalue weighted by Gasteiger charge is -2.49. The van der Waals surface area contributed by atoms with Gasteiger partial charge in [0, 0.05) is 22.8 Å². The zero-order valence-electron chi connectivity index (χ0n) is 18.6. The summed E-state index contributed by atoms with van der Waals surface area (Å²) in [4.78, 5) is 59.8. The first-order valence-corrected chi connectivity index (χ1v) is 13.0. The molecule has 0 unspecified atom stereocenters. The van der Waals surface area contributed by atoms with Gasteiger partial charge in [0.1, 0.15) is 29.9 Å². The first-order valence-electron chi connectivity index (χ1n) is 10.2. The van der Waals surface area contributed by atoms with Crippen molar-refractivity contribution in [3.63, 3.8) is 0 Å². The summed E-state index contributed by atoms with van der Waals surface area (Å²) in [6, 6.07) is 2.29. The van der Waals surface area contributed by atoms with Gasteiger partial charge >= 0.3 is 5.97 Å². The van der Waals surface area contributed by atoms with Gasteiger partial charge in [-0.3, -0.25) is 24.4 Å². The lowest BCUT2D eigenvalue weighted by atomic mass is 10.0. The minimum absolute atomic E-state index is 0.147. The van der Waals surface area contributed by atoms with E-state index in [2.05, 4.69) is 15.5 Å². The van der Waals surface area contributed by atoms with Crippen molar-refractivity contribution < 1.29 is 33.7 Å². The van der Waals surface area contributed by atoms with Crippen molar-refractivity contribution in [1.82, 2.24) is 15.2 Å². The highest BCUT2D eigenvalue weighted by Gasteiger charge is 2.54. The summed E-state index contributed by atoms with van der Waals surface area (Å²) in [7, 11) is 1.26. The molecule has 13 nitrogen and oxygen atoms in total. The molecule has 0 bridgehead atoms. The predicted octanol–water partition coefficient (Wildman–Crippen LogP) is -0.451. The van der Waals surface area contributed by atoms with Crippen LogP contribution in [0.1, 0.15) is 16.1 Å². The third-order valence-corrected chi connectivity index (χ3v) is 7.74. The molecule has 4 heterocycles. The Bertz CT molecular complexity index is 1310. The van der Waals surface area contributed by atoms with Gasteiger partial charge in [-0.1, -0.05) is 5.16 Å². The number of hydrogen-bond acceptors (Lipinski definition) is 12. The topological polar surface area (TPSA) is 194 Å². The minimum atomic E-state index is -1.27. The number of pyridine rings is 1. The first-order chi connectivity index (χ1) is 17.2. The lowest BCUT2D eigenvalue weighted by molar-refractivity contribution is -0.689. The van der Waals surface area contributed by atoms with Gasteiger partial charge in [0.05, 0.1) is 5.56 Å². The fraction of sp³-hybridized carbons (Fsp3) is 0.250. The van der Waals surface area contributed by atoms with Crippen LogP contribution in [-0.2, 0) is 25.8 Å². The van der Waals surface area contributed by atoms with E-state index < -0.39 is 29.2 Å². The zero-order valence-corrected chi connectivity index (χ0v) is 21.1. The fourth-order valence-corrected chi connectivity index (χ4v) is 5.88. The van der Waals surface area contributed by atoms with E-state index in [0.29, 0.717) is 28.8 Å². The third-order valence-electron chi connectivity index (χ3n) is 5.27. The van der Waals surface area contributed by atoms with Gasteiger partial charge in [0.2, 0.25) is 5.12 Å². The number of nitrogens with zero attached hydrogens (tertiary/aromatic N) is 4. The second-order valence-electron chi connectivity index (χ2n) is 7.48. The Kier molecular flexibility index (Phi) is 7.58. The second-order valence-corrected chi connectivity index (χ2v) is 10.1. The van der Waals surface area contributed by atoms with E-state index in [4.69, 9.17) is 15.7 Å². The number of carbonyl (C=O) groups is 4. The highest BCUT2D eigenvalue weighted by Crippen LogP contribution is 2.40. The number of thiazole rings is 1. The molecule has 2 aliphatic rings. The summed E-state index contributed by atoms with van der Waals surface area (Å²) < 4.78 is 1.65. The minimum Gasteiger partial charge on any atom is -0.477 e. The van der Waals surface area contributed by atoms with Gasteiger partial charge in [-0.25, -0.2) is 14.3 Å². The standard InChI is InChI=1S/C20H19N7O6S3/c1-33-25-12(11-8-35-20(21)23-11)15(28)24-13-16(29)27-14(18(30)31)10(7-34-17(13)27)6-26-4-2-3-9(5-26)19(32)36-22/h2-5,8,13,17H,6-7,22H2,1H3,(H3-,21,23,24,28,30,31)/p+1/b25-12-/t13-,17-/m1/s1. The Balaban J connectivity index is 1.54. The van der Waals surface area contributed by atoms with Gasteiger partial charge in [-0.15, -0.1) is 23.1 Å². The van der Waals surface area contributed by atoms with Gasteiger partial charge in [-0.2, -0.15) is 0 Å². The molecule has 1 fully saturated rings. The molecule has 0 spiro atoms. The Morgan fingerprint density at radius 2 is 2.22 bits per heavy atom. The summed E-state index contributed by atoms with van der Waals surface area (Å²) >= 11 is 3.01. The van der Waals surface area contributed by atoms with E-state index in [1.165, 1.54) is 24.3 Å². The van der Waals surface area contributed by atoms with Gasteiger partial charge in [-0.05, 0) is 18.0 Å². The van der Waals surface area contributed by atoms with Crippen LogP contribution in [0.3, 0.4) is 0 Å². The molecule has 0 radical (unpaired) electrons. The van der Waals surface area contributed by atoms with E-state index in [1.54, 1.807) is 29.1 Å². The number of aliphatic carboxylic acids is 1. The van der Waals surface area contributed by atoms with E-state index in [0.717, 1.165) is 16.2 Å². The van der Waals surface area contributed by atoms with Crippen molar-refractivity contribution >= 4 is 68.8 Å². The maximum Gasteiger partial charge on any atom is 0.352 e. The average Bonchev–Trinajstić information content (AvgIpc) is 3.30. The van der Waals surface area contributed by atoms with Crippen LogP contribution in [0.4, 0.5) is 5.13 Å². The number of nitrogens with two attached hydrogens (primary N) is 2. The van der Waals surface area contributed by atoms with Crippen molar-refractivity contribution in [2.45, 2.75) is 18.0 Å². The Hall–Kier alpha value is -3.47. The number of thioether (sulfide) groups is 1. The molecule has 2 atom stereocenters. The number of fused-ring (bicyclic) bond motifs is 1. The number of aromatic nitrogens is 2. The third kappa shape index (κ3) is 4.92. The zero-order chi connectivity index (χ0) is 26.0. The highest BCUT2D eigenvalue weighted by atomic mass is 32.2. The molecule has 36 heavy (non-hydrogen) atoms. The second kappa shape index (κ2) is 10.7. The smallest absolute Gasteiger partial charge is 0.352 e. The monoisotopic (exact) mass is 550 g/mol. The van der Waals surface area contributed by atoms with Crippen molar-refractivity contribution in [2.75, 3.05) is 18.6 Å². The van der Waals surface area contributed by atoms with Crippen LogP contribution in [0.25, 0.3) is 0 Å². The van der Waals surface area contributed by atoms with Crippen molar-refractivity contribution in [1.29, 1.82) is 0 Å². The molecule has 2 aromatic rings. The molecule has 0 aromatic carbocycles. The molecular weight excluding hydrogens is 530 g/mol. The summed E-state index contributed by atoms with van der Waals surface area (Å²) in [6.45, 7) is 0.147. The van der Waals surface area contributed by atoms with E-state index in [1.807, 2.05) is 0 Å². The van der Waals surface area contributed by atoms with Crippen LogP contribution < -0.4 is 20.8 Å². The maximum absolute atomic E-state index is 13.0. The largest absolute Gasteiger partial charge is 0.477 e. The number of nitrogens with one attached hydrogen (secondary N) is 1. The highest BCUT2D eigenvalue weighted by molar-refractivity contribution is 8.12. The summed E-state index contributed by atoms with van der Waals surface area (Å²) in [5.41, 5.74) is 6.36. The molecule has 1 saturated heterocycles. The molecule has 2 amide bonds. The average molecular weight is 551 g/mol. The molecule has 16 heteroatoms. The molecule has 2 aromatic heterocycles. The van der Waals surface area contributed by atoms with Crippen LogP contribution in [0.2, 0.25) is 0 Å². The van der Waals surface area contributed by atoms with E-state index in [-0.39, 0.29) is 33.9 Å². The number of rotatable bonds is 8. The normalized spacial score (nSPS) is 19.4. The van der Waals surface area contributed by atoms with Crippen molar-refractivity contribution in [3.8, 4) is 0 Å². The van der Waals surface area contributed by atoms with Crippen LogP contribution in [-0.4, -0.2) is 67.9 Å².